The van der Waals surface area contributed by atoms with Crippen molar-refractivity contribution in [2.45, 2.75) is 39.3 Å². The van der Waals surface area contributed by atoms with Crippen LogP contribution in [0.15, 0.2) is 24.3 Å². The number of carbonyl (C=O) groups is 2. The minimum Gasteiger partial charge on any atom is -0.372 e. The van der Waals surface area contributed by atoms with Gasteiger partial charge in [-0.1, -0.05) is 25.1 Å². The number of likely N-dealkylation sites (N-methyl/N-ethyl adjacent to an activating group) is 1. The van der Waals surface area contributed by atoms with Gasteiger partial charge in [0.2, 0.25) is 11.8 Å². The number of nitrogens with zero attached hydrogens (tertiary/aromatic N) is 3. The molecule has 2 aliphatic rings. The molecule has 0 aliphatic carbocycles. The van der Waals surface area contributed by atoms with Gasteiger partial charge in [0.15, 0.2) is 0 Å². The smallest absolute Gasteiger partial charge is 0.228 e. The highest BCUT2D eigenvalue weighted by molar-refractivity contribution is 5.82. The maximum Gasteiger partial charge on any atom is 0.228 e. The van der Waals surface area contributed by atoms with Crippen LogP contribution >= 0.6 is 0 Å². The highest BCUT2D eigenvalue weighted by Crippen LogP contribution is 2.29. The predicted molar refractivity (Wildman–Crippen MR) is 94.7 cm³/mol. The standard InChI is InChI=1S/C19H27N3O2/c1-4-17-13-20(3)18-8-6-5-7-15(18)12-22(17)19(24)16-9-10-21(11-16)14(2)23/h5-8,16-17H,4,9-13H2,1-3H3/t16-,17-/m1/s1. The fraction of sp³-hybridized carbons (Fsp3) is 0.579. The number of hydrogen-bond acceptors (Lipinski definition) is 3. The van der Waals surface area contributed by atoms with Gasteiger partial charge in [-0.05, 0) is 24.5 Å². The molecule has 3 rings (SSSR count). The van der Waals surface area contributed by atoms with Crippen molar-refractivity contribution in [3.05, 3.63) is 29.8 Å². The molecule has 0 unspecified atom stereocenters. The summed E-state index contributed by atoms with van der Waals surface area (Å²) in [6.07, 6.45) is 1.72. The van der Waals surface area contributed by atoms with Gasteiger partial charge < -0.3 is 14.7 Å². The molecule has 0 spiro atoms. The molecule has 2 amide bonds. The minimum atomic E-state index is -0.0569. The SMILES string of the molecule is CC[C@@H]1CN(C)c2ccccc2CN1C(=O)[C@@H]1CCN(C(C)=O)C1. The van der Waals surface area contributed by atoms with Gasteiger partial charge in [0.1, 0.15) is 0 Å². The fourth-order valence-electron chi connectivity index (χ4n) is 3.93. The molecule has 1 aromatic carbocycles. The Hall–Kier alpha value is -2.04. The summed E-state index contributed by atoms with van der Waals surface area (Å²) < 4.78 is 0. The van der Waals surface area contributed by atoms with Crippen LogP contribution < -0.4 is 4.90 Å². The third kappa shape index (κ3) is 3.12. The molecule has 0 saturated carbocycles. The van der Waals surface area contributed by atoms with E-state index < -0.39 is 0 Å². The Morgan fingerprint density at radius 2 is 1.96 bits per heavy atom. The quantitative estimate of drug-likeness (QED) is 0.835. The van der Waals surface area contributed by atoms with E-state index in [9.17, 15) is 9.59 Å². The maximum absolute atomic E-state index is 13.2. The van der Waals surface area contributed by atoms with Crippen LogP contribution in [-0.2, 0) is 16.1 Å². The van der Waals surface area contributed by atoms with Crippen molar-refractivity contribution in [1.82, 2.24) is 9.80 Å². The number of anilines is 1. The predicted octanol–water partition coefficient (Wildman–Crippen LogP) is 2.11. The summed E-state index contributed by atoms with van der Waals surface area (Å²) >= 11 is 0. The van der Waals surface area contributed by atoms with Crippen molar-refractivity contribution >= 4 is 17.5 Å². The zero-order valence-corrected chi connectivity index (χ0v) is 14.9. The molecule has 1 fully saturated rings. The molecule has 0 N–H and O–H groups in total. The van der Waals surface area contributed by atoms with E-state index in [1.807, 2.05) is 6.07 Å². The largest absolute Gasteiger partial charge is 0.372 e. The van der Waals surface area contributed by atoms with Gasteiger partial charge in [-0.2, -0.15) is 0 Å². The summed E-state index contributed by atoms with van der Waals surface area (Å²) in [4.78, 5) is 30.8. The topological polar surface area (TPSA) is 43.9 Å². The number of rotatable bonds is 2. The Labute approximate surface area is 144 Å². The molecule has 130 valence electrons. The lowest BCUT2D eigenvalue weighted by molar-refractivity contribution is -0.138. The zero-order chi connectivity index (χ0) is 17.3. The first-order chi connectivity index (χ1) is 11.5. The van der Waals surface area contributed by atoms with Crippen molar-refractivity contribution < 1.29 is 9.59 Å². The Kier molecular flexibility index (Phi) is 4.78. The zero-order valence-electron chi connectivity index (χ0n) is 14.9. The van der Waals surface area contributed by atoms with Gasteiger partial charge in [0.05, 0.1) is 5.92 Å². The average molecular weight is 329 g/mol. The van der Waals surface area contributed by atoms with Crippen LogP contribution in [0.3, 0.4) is 0 Å². The molecule has 5 nitrogen and oxygen atoms in total. The van der Waals surface area contributed by atoms with Crippen LogP contribution in [0.1, 0.15) is 32.3 Å². The molecule has 0 aromatic heterocycles. The summed E-state index contributed by atoms with van der Waals surface area (Å²) in [5.41, 5.74) is 2.41. The summed E-state index contributed by atoms with van der Waals surface area (Å²) in [7, 11) is 2.10. The lowest BCUT2D eigenvalue weighted by Crippen LogP contribution is -2.46. The highest BCUT2D eigenvalue weighted by atomic mass is 16.2. The van der Waals surface area contributed by atoms with E-state index in [2.05, 4.69) is 42.0 Å². The van der Waals surface area contributed by atoms with Gasteiger partial charge in [-0.3, -0.25) is 9.59 Å². The van der Waals surface area contributed by atoms with Gasteiger partial charge in [0, 0.05) is 51.9 Å². The normalized spacial score (nSPS) is 23.9. The maximum atomic E-state index is 13.2. The molecule has 1 aromatic rings. The van der Waals surface area contributed by atoms with Gasteiger partial charge in [-0.25, -0.2) is 0 Å². The number of carbonyl (C=O) groups excluding carboxylic acids is 2. The number of fused-ring (bicyclic) bond motifs is 1. The molecule has 5 heteroatoms. The first-order valence-corrected chi connectivity index (χ1v) is 8.86. The van der Waals surface area contributed by atoms with Crippen molar-refractivity contribution in [3.63, 3.8) is 0 Å². The van der Waals surface area contributed by atoms with Gasteiger partial charge in [-0.15, -0.1) is 0 Å². The van der Waals surface area contributed by atoms with Crippen LogP contribution in [0.4, 0.5) is 5.69 Å². The molecule has 2 aliphatic heterocycles. The van der Waals surface area contributed by atoms with Crippen LogP contribution in [0.5, 0.6) is 0 Å². The van der Waals surface area contributed by atoms with E-state index in [-0.39, 0.29) is 23.8 Å². The molecule has 2 heterocycles. The van der Waals surface area contributed by atoms with Gasteiger partial charge >= 0.3 is 0 Å². The van der Waals surface area contributed by atoms with Crippen LogP contribution in [0.25, 0.3) is 0 Å². The lowest BCUT2D eigenvalue weighted by Gasteiger charge is -2.32. The van der Waals surface area contributed by atoms with Crippen molar-refractivity contribution in [2.75, 3.05) is 31.6 Å². The summed E-state index contributed by atoms with van der Waals surface area (Å²) in [5.74, 6) is 0.215. The monoisotopic (exact) mass is 329 g/mol. The molecular weight excluding hydrogens is 302 g/mol. The molecular formula is C19H27N3O2. The summed E-state index contributed by atoms with van der Waals surface area (Å²) in [5, 5.41) is 0. The number of benzene rings is 1. The van der Waals surface area contributed by atoms with Crippen molar-refractivity contribution in [1.29, 1.82) is 0 Å². The molecule has 0 radical (unpaired) electrons. The minimum absolute atomic E-state index is 0.0569. The summed E-state index contributed by atoms with van der Waals surface area (Å²) in [6, 6.07) is 8.54. The molecule has 1 saturated heterocycles. The fourth-order valence-corrected chi connectivity index (χ4v) is 3.93. The second-order valence-corrected chi connectivity index (χ2v) is 6.99. The van der Waals surface area contributed by atoms with Gasteiger partial charge in [0.25, 0.3) is 0 Å². The first kappa shape index (κ1) is 16.8. The van der Waals surface area contributed by atoms with Crippen molar-refractivity contribution in [2.24, 2.45) is 5.92 Å². The number of para-hydroxylation sites is 1. The Balaban J connectivity index is 1.83. The Morgan fingerprint density at radius 1 is 1.21 bits per heavy atom. The van der Waals surface area contributed by atoms with E-state index in [4.69, 9.17) is 0 Å². The first-order valence-electron chi connectivity index (χ1n) is 8.86. The highest BCUT2D eigenvalue weighted by Gasteiger charge is 2.36. The summed E-state index contributed by atoms with van der Waals surface area (Å²) in [6.45, 7) is 6.51. The number of amides is 2. The van der Waals surface area contributed by atoms with E-state index in [0.717, 1.165) is 19.4 Å². The third-order valence-electron chi connectivity index (χ3n) is 5.41. The van der Waals surface area contributed by atoms with Crippen LogP contribution in [0, 0.1) is 5.92 Å². The van der Waals surface area contributed by atoms with Crippen LogP contribution in [0.2, 0.25) is 0 Å². The second-order valence-electron chi connectivity index (χ2n) is 6.99. The van der Waals surface area contributed by atoms with E-state index in [1.54, 1.807) is 11.8 Å². The van der Waals surface area contributed by atoms with Crippen molar-refractivity contribution in [3.8, 4) is 0 Å². The van der Waals surface area contributed by atoms with E-state index in [0.29, 0.717) is 19.6 Å². The number of likely N-dealkylation sites (tertiary alicyclic amines) is 1. The second kappa shape index (κ2) is 6.83. The molecule has 24 heavy (non-hydrogen) atoms. The average Bonchev–Trinajstić information content (AvgIpc) is 3.02. The van der Waals surface area contributed by atoms with Crippen LogP contribution in [-0.4, -0.2) is 54.3 Å². The van der Waals surface area contributed by atoms with E-state index in [1.165, 1.54) is 11.3 Å². The lowest BCUT2D eigenvalue weighted by atomic mass is 10.0. The molecule has 0 bridgehead atoms. The Bertz CT molecular complexity index is 631. The molecule has 2 atom stereocenters. The third-order valence-corrected chi connectivity index (χ3v) is 5.41. The Morgan fingerprint density at radius 3 is 2.62 bits per heavy atom. The number of hydrogen-bond donors (Lipinski definition) is 0. The van der Waals surface area contributed by atoms with E-state index >= 15 is 0 Å².